The summed E-state index contributed by atoms with van der Waals surface area (Å²) >= 11 is 0. The highest BCUT2D eigenvalue weighted by molar-refractivity contribution is 5.70. The number of ether oxygens (including phenoxy) is 3. The Kier molecular flexibility index (Phi) is 31.6. The van der Waals surface area contributed by atoms with Crippen LogP contribution in [0.15, 0.2) is 48.6 Å². The summed E-state index contributed by atoms with van der Waals surface area (Å²) in [4.78, 5) is 36.2. The van der Waals surface area contributed by atoms with Crippen molar-refractivity contribution in [2.45, 2.75) is 161 Å². The molecular formula is C42H73NO7. The average molecular weight is 704 g/mol. The van der Waals surface area contributed by atoms with Crippen molar-refractivity contribution < 1.29 is 38.2 Å². The Bertz CT molecular complexity index is 964. The predicted molar refractivity (Wildman–Crippen MR) is 203 cm³/mol. The van der Waals surface area contributed by atoms with Gasteiger partial charge in [0.25, 0.3) is 0 Å². The Morgan fingerprint density at radius 3 is 1.66 bits per heavy atom. The maximum Gasteiger partial charge on any atom is 0.306 e. The van der Waals surface area contributed by atoms with Gasteiger partial charge in [-0.3, -0.25) is 9.59 Å². The van der Waals surface area contributed by atoms with Crippen LogP contribution in [0.2, 0.25) is 0 Å². The first-order valence-electron chi connectivity index (χ1n) is 19.7. The van der Waals surface area contributed by atoms with Crippen LogP contribution in [0.3, 0.4) is 0 Å². The molecule has 2 atom stereocenters. The van der Waals surface area contributed by atoms with Crippen molar-refractivity contribution in [2.24, 2.45) is 0 Å². The first-order valence-corrected chi connectivity index (χ1v) is 19.7. The van der Waals surface area contributed by atoms with Crippen LogP contribution in [0.1, 0.15) is 149 Å². The highest BCUT2D eigenvalue weighted by Gasteiger charge is 2.25. The van der Waals surface area contributed by atoms with Gasteiger partial charge in [0.1, 0.15) is 12.6 Å². The van der Waals surface area contributed by atoms with Gasteiger partial charge in [0.05, 0.1) is 40.3 Å². The number of quaternary nitrogens is 1. The molecule has 0 heterocycles. The van der Waals surface area contributed by atoms with Crippen LogP contribution in [0.4, 0.5) is 0 Å². The van der Waals surface area contributed by atoms with Gasteiger partial charge in [0.15, 0.2) is 6.10 Å². The van der Waals surface area contributed by atoms with Crippen molar-refractivity contribution in [1.29, 1.82) is 0 Å². The fraction of sp³-hybridized carbons (Fsp3) is 0.738. The first kappa shape index (κ1) is 47.3. The Morgan fingerprint density at radius 1 is 0.620 bits per heavy atom. The van der Waals surface area contributed by atoms with E-state index in [9.17, 15) is 19.5 Å². The van der Waals surface area contributed by atoms with E-state index >= 15 is 0 Å². The third-order valence-corrected chi connectivity index (χ3v) is 8.48. The van der Waals surface area contributed by atoms with E-state index in [4.69, 9.17) is 14.2 Å². The number of rotatable bonds is 34. The van der Waals surface area contributed by atoms with Gasteiger partial charge in [-0.1, -0.05) is 127 Å². The highest BCUT2D eigenvalue weighted by Crippen LogP contribution is 2.14. The molecule has 0 aromatic carbocycles. The molecule has 8 nitrogen and oxygen atoms in total. The Balaban J connectivity index is 4.07. The Morgan fingerprint density at radius 2 is 1.12 bits per heavy atom. The molecule has 8 heteroatoms. The van der Waals surface area contributed by atoms with Crippen LogP contribution in [-0.4, -0.2) is 75.5 Å². The molecule has 50 heavy (non-hydrogen) atoms. The summed E-state index contributed by atoms with van der Waals surface area (Å²) in [5.74, 6) is -1.78. The van der Waals surface area contributed by atoms with E-state index in [0.29, 0.717) is 12.8 Å². The van der Waals surface area contributed by atoms with Crippen molar-refractivity contribution in [3.63, 3.8) is 0 Å². The van der Waals surface area contributed by atoms with E-state index in [1.165, 1.54) is 51.4 Å². The quantitative estimate of drug-likeness (QED) is 0.0286. The molecule has 0 aromatic rings. The lowest BCUT2D eigenvalue weighted by Crippen LogP contribution is -2.55. The van der Waals surface area contributed by atoms with E-state index in [-0.39, 0.29) is 42.7 Å². The highest BCUT2D eigenvalue weighted by atomic mass is 16.6. The molecule has 0 rings (SSSR count). The lowest BCUT2D eigenvalue weighted by molar-refractivity contribution is -0.889. The average Bonchev–Trinajstić information content (AvgIpc) is 3.06. The molecule has 0 aliphatic rings. The van der Waals surface area contributed by atoms with Gasteiger partial charge >= 0.3 is 11.9 Å². The number of allylic oxidation sites excluding steroid dienone is 8. The summed E-state index contributed by atoms with van der Waals surface area (Å²) in [5.41, 5.74) is 0. The second-order valence-corrected chi connectivity index (χ2v) is 14.1. The zero-order valence-electron chi connectivity index (χ0n) is 32.5. The number of unbranched alkanes of at least 4 members (excludes halogenated alkanes) is 12. The number of esters is 2. The number of nitrogens with zero attached hydrogens (tertiary/aromatic N) is 1. The SMILES string of the molecule is CC/C=C\C/C=C\C/C=C\C/C=C\CCCCCCCCCCCCC(=O)OC(COCCC(C(=O)[O-])[N+](C)(C)C)COC(=O)CCCCC. The second-order valence-electron chi connectivity index (χ2n) is 14.1. The van der Waals surface area contributed by atoms with E-state index in [1.54, 1.807) is 21.1 Å². The van der Waals surface area contributed by atoms with Gasteiger partial charge < -0.3 is 28.6 Å². The number of hydrogen-bond acceptors (Lipinski definition) is 7. The lowest BCUT2D eigenvalue weighted by atomic mass is 10.0. The maximum atomic E-state index is 12.6. The van der Waals surface area contributed by atoms with E-state index < -0.39 is 18.1 Å². The molecule has 288 valence electrons. The molecule has 0 saturated heterocycles. The van der Waals surface area contributed by atoms with Crippen molar-refractivity contribution in [3.8, 4) is 0 Å². The van der Waals surface area contributed by atoms with Gasteiger partial charge in [-0.25, -0.2) is 0 Å². The number of aliphatic carboxylic acids is 1. The second kappa shape index (κ2) is 33.4. The molecule has 0 N–H and O–H groups in total. The van der Waals surface area contributed by atoms with Crippen molar-refractivity contribution in [1.82, 2.24) is 0 Å². The molecule has 0 bridgehead atoms. The summed E-state index contributed by atoms with van der Waals surface area (Å²) < 4.78 is 16.9. The zero-order valence-corrected chi connectivity index (χ0v) is 32.5. The van der Waals surface area contributed by atoms with Crippen LogP contribution in [-0.2, 0) is 28.6 Å². The minimum Gasteiger partial charge on any atom is -0.544 e. The molecule has 2 unspecified atom stereocenters. The minimum atomic E-state index is -1.13. The molecule has 0 saturated carbocycles. The van der Waals surface area contributed by atoms with Crippen LogP contribution >= 0.6 is 0 Å². The van der Waals surface area contributed by atoms with Crippen LogP contribution in [0.25, 0.3) is 0 Å². The standard InChI is InChI=1S/C42H73NO7/c1-6-8-10-11-12-13-14-15-16-17-18-19-20-21-22-23-24-25-26-27-28-29-31-33-41(45)50-38(37-49-40(44)32-30-9-7-2)36-48-35-34-39(42(46)47)43(3,4)5/h8,10,12-13,15-16,18-19,38-39H,6-7,9,11,14,17,20-37H2,1-5H3/b10-8-,13-12-,16-15-,19-18-. The molecular weight excluding hydrogens is 630 g/mol. The minimum absolute atomic E-state index is 0.0370. The van der Waals surface area contributed by atoms with Gasteiger partial charge in [-0.15, -0.1) is 0 Å². The fourth-order valence-corrected chi connectivity index (χ4v) is 5.41. The molecule has 0 spiro atoms. The zero-order chi connectivity index (χ0) is 37.1. The number of hydrogen-bond donors (Lipinski definition) is 0. The van der Waals surface area contributed by atoms with Crippen molar-refractivity contribution >= 4 is 17.9 Å². The normalized spacial score (nSPS) is 13.5. The number of carbonyl (C=O) groups is 3. The van der Waals surface area contributed by atoms with Crippen LogP contribution in [0.5, 0.6) is 0 Å². The van der Waals surface area contributed by atoms with Crippen molar-refractivity contribution in [2.75, 3.05) is 41.0 Å². The summed E-state index contributed by atoms with van der Waals surface area (Å²) in [6, 6.07) is -0.723. The van der Waals surface area contributed by atoms with Gasteiger partial charge in [0, 0.05) is 19.3 Å². The van der Waals surface area contributed by atoms with E-state index in [0.717, 1.165) is 64.2 Å². The molecule has 0 amide bonds. The summed E-state index contributed by atoms with van der Waals surface area (Å²) in [6.07, 6.45) is 37.8. The monoisotopic (exact) mass is 704 g/mol. The van der Waals surface area contributed by atoms with E-state index in [2.05, 4.69) is 62.5 Å². The largest absolute Gasteiger partial charge is 0.544 e. The first-order chi connectivity index (χ1) is 24.1. The van der Waals surface area contributed by atoms with E-state index in [1.807, 2.05) is 0 Å². The molecule has 0 radical (unpaired) electrons. The Labute approximate surface area is 306 Å². The van der Waals surface area contributed by atoms with Gasteiger partial charge in [-0.2, -0.15) is 0 Å². The number of carbonyl (C=O) groups excluding carboxylic acids is 3. The maximum absolute atomic E-state index is 12.6. The van der Waals surface area contributed by atoms with Crippen LogP contribution in [0, 0.1) is 0 Å². The lowest BCUT2D eigenvalue weighted by Gasteiger charge is -2.34. The number of likely N-dealkylation sites (N-methyl/N-ethyl adjacent to an activating group) is 1. The van der Waals surface area contributed by atoms with Gasteiger partial charge in [-0.05, 0) is 51.4 Å². The topological polar surface area (TPSA) is 102 Å². The summed E-state index contributed by atoms with van der Waals surface area (Å²) in [6.45, 7) is 4.36. The Hall–Kier alpha value is -2.71. The number of carboxylic acids is 1. The molecule has 0 fully saturated rings. The van der Waals surface area contributed by atoms with Crippen molar-refractivity contribution in [3.05, 3.63) is 48.6 Å². The smallest absolute Gasteiger partial charge is 0.306 e. The van der Waals surface area contributed by atoms with Crippen LogP contribution < -0.4 is 5.11 Å². The predicted octanol–water partition coefficient (Wildman–Crippen LogP) is 8.74. The summed E-state index contributed by atoms with van der Waals surface area (Å²) in [5, 5.41) is 11.5. The molecule has 0 aliphatic heterocycles. The number of carboxylic acid groups (broad SMARTS) is 1. The molecule has 0 aliphatic carbocycles. The summed E-state index contributed by atoms with van der Waals surface area (Å²) in [7, 11) is 5.38. The van der Waals surface area contributed by atoms with Gasteiger partial charge in [0.2, 0.25) is 0 Å². The fourth-order valence-electron chi connectivity index (χ4n) is 5.41. The molecule has 0 aromatic heterocycles. The third-order valence-electron chi connectivity index (χ3n) is 8.48. The third kappa shape index (κ3) is 31.3.